The zero-order valence-corrected chi connectivity index (χ0v) is 17.2. The van der Waals surface area contributed by atoms with Crippen LogP contribution in [-0.2, 0) is 12.7 Å². The van der Waals surface area contributed by atoms with Crippen molar-refractivity contribution in [1.29, 1.82) is 0 Å². The van der Waals surface area contributed by atoms with Crippen LogP contribution in [0.1, 0.15) is 17.0 Å². The third-order valence-electron chi connectivity index (χ3n) is 4.65. The molecule has 0 atom stereocenters. The monoisotopic (exact) mass is 462 g/mol. The molecule has 2 aromatic carbocycles. The highest BCUT2D eigenvalue weighted by Gasteiger charge is 2.36. The molecular weight excluding hydrogens is 449 g/mol. The predicted molar refractivity (Wildman–Crippen MR) is 110 cm³/mol. The van der Waals surface area contributed by atoms with E-state index in [9.17, 15) is 23.3 Å². The van der Waals surface area contributed by atoms with E-state index in [-0.39, 0.29) is 17.9 Å². The summed E-state index contributed by atoms with van der Waals surface area (Å²) in [4.78, 5) is 13.9. The average molecular weight is 463 g/mol. The van der Waals surface area contributed by atoms with Gasteiger partial charge in [0.2, 0.25) is 0 Å². The number of rotatable bonds is 5. The molecule has 0 fully saturated rings. The summed E-state index contributed by atoms with van der Waals surface area (Å²) in [5, 5.41) is 19.6. The second-order valence-electron chi connectivity index (χ2n) is 6.96. The van der Waals surface area contributed by atoms with E-state index in [0.29, 0.717) is 21.8 Å². The maximum Gasteiger partial charge on any atom is 0.453 e. The molecule has 0 saturated carbocycles. The Morgan fingerprint density at radius 3 is 2.44 bits per heavy atom. The minimum Gasteiger partial charge on any atom is -0.265 e. The van der Waals surface area contributed by atoms with Crippen LogP contribution in [0, 0.1) is 17.0 Å². The fourth-order valence-corrected chi connectivity index (χ4v) is 3.32. The van der Waals surface area contributed by atoms with Crippen molar-refractivity contribution in [3.05, 3.63) is 87.1 Å². The van der Waals surface area contributed by atoms with Crippen molar-refractivity contribution in [3.63, 3.8) is 0 Å². The van der Waals surface area contributed by atoms with Gasteiger partial charge in [-0.05, 0) is 30.7 Å². The third-order valence-corrected chi connectivity index (χ3v) is 4.91. The number of nitrogens with zero attached hydrogens (tertiary/aromatic N) is 6. The molecule has 12 heteroatoms. The van der Waals surface area contributed by atoms with Crippen LogP contribution in [0.5, 0.6) is 0 Å². The lowest BCUT2D eigenvalue weighted by Crippen LogP contribution is -2.08. The van der Waals surface area contributed by atoms with Gasteiger partial charge < -0.3 is 0 Å². The number of alkyl halides is 3. The van der Waals surface area contributed by atoms with E-state index in [1.54, 1.807) is 43.3 Å². The summed E-state index contributed by atoms with van der Waals surface area (Å²) in [5.41, 5.74) is 2.50. The lowest BCUT2D eigenvalue weighted by Gasteiger charge is -2.04. The maximum absolute atomic E-state index is 13.0. The number of nitro benzene ring substituents is 1. The van der Waals surface area contributed by atoms with Crippen molar-refractivity contribution in [2.75, 3.05) is 0 Å². The van der Waals surface area contributed by atoms with Gasteiger partial charge >= 0.3 is 6.18 Å². The molecule has 0 N–H and O–H groups in total. The molecule has 0 aliphatic heterocycles. The number of aromatic nitrogens is 5. The lowest BCUT2D eigenvalue weighted by atomic mass is 10.1. The van der Waals surface area contributed by atoms with Gasteiger partial charge in [-0.15, -0.1) is 5.10 Å². The Morgan fingerprint density at radius 2 is 1.84 bits per heavy atom. The van der Waals surface area contributed by atoms with Gasteiger partial charge in [0.1, 0.15) is 17.7 Å². The predicted octanol–water partition coefficient (Wildman–Crippen LogP) is 5.07. The van der Waals surface area contributed by atoms with Crippen molar-refractivity contribution in [3.8, 4) is 16.9 Å². The standard InChI is InChI=1S/C20H14ClF3N6O2/c1-12-8-13(2-7-16(12)30(31)32)9-28-10-17(29-11-25-19(27-29)20(22,23)24)18(26-28)14-3-5-15(21)6-4-14/h2-8,10-11H,9H2,1H3. The van der Waals surface area contributed by atoms with E-state index in [0.717, 1.165) is 16.6 Å². The molecule has 4 rings (SSSR count). The number of nitro groups is 1. The van der Waals surface area contributed by atoms with E-state index in [1.807, 2.05) is 0 Å². The SMILES string of the molecule is Cc1cc(Cn2cc(-n3cnc(C(F)(F)F)n3)c(-c3ccc(Cl)cc3)n2)ccc1[N+](=O)[O-]. The first-order valence-corrected chi connectivity index (χ1v) is 9.56. The van der Waals surface area contributed by atoms with Crippen LogP contribution in [0.4, 0.5) is 18.9 Å². The summed E-state index contributed by atoms with van der Waals surface area (Å²) in [6.07, 6.45) is -2.17. The Bertz CT molecular complexity index is 1300. The first kappa shape index (κ1) is 21.5. The van der Waals surface area contributed by atoms with Crippen LogP contribution >= 0.6 is 11.6 Å². The molecule has 164 valence electrons. The van der Waals surface area contributed by atoms with Crippen molar-refractivity contribution in [1.82, 2.24) is 24.5 Å². The Hall–Kier alpha value is -3.73. The fourth-order valence-electron chi connectivity index (χ4n) is 3.19. The maximum atomic E-state index is 13.0. The molecule has 2 heterocycles. The van der Waals surface area contributed by atoms with E-state index in [2.05, 4.69) is 15.2 Å². The minimum atomic E-state index is -4.68. The average Bonchev–Trinajstić information content (AvgIpc) is 3.35. The van der Waals surface area contributed by atoms with E-state index in [4.69, 9.17) is 11.6 Å². The fraction of sp³-hybridized carbons (Fsp3) is 0.150. The molecule has 0 radical (unpaired) electrons. The smallest absolute Gasteiger partial charge is 0.265 e. The second-order valence-corrected chi connectivity index (χ2v) is 7.39. The van der Waals surface area contributed by atoms with Crippen molar-refractivity contribution >= 4 is 17.3 Å². The summed E-state index contributed by atoms with van der Waals surface area (Å²) in [6.45, 7) is 1.86. The van der Waals surface area contributed by atoms with Crippen LogP contribution in [0.2, 0.25) is 5.02 Å². The van der Waals surface area contributed by atoms with Gasteiger partial charge in [0.15, 0.2) is 0 Å². The Kier molecular flexibility index (Phi) is 5.43. The van der Waals surface area contributed by atoms with Gasteiger partial charge in [-0.2, -0.15) is 18.3 Å². The Labute approximate surface area is 184 Å². The number of hydrogen-bond acceptors (Lipinski definition) is 5. The molecule has 0 unspecified atom stereocenters. The summed E-state index contributed by atoms with van der Waals surface area (Å²) >= 11 is 5.95. The minimum absolute atomic E-state index is 0.000877. The molecule has 4 aromatic rings. The van der Waals surface area contributed by atoms with Crippen molar-refractivity contribution in [2.24, 2.45) is 0 Å². The van der Waals surface area contributed by atoms with Crippen LogP contribution < -0.4 is 0 Å². The van der Waals surface area contributed by atoms with Crippen LogP contribution in [0.3, 0.4) is 0 Å². The molecule has 0 aliphatic rings. The van der Waals surface area contributed by atoms with Gasteiger partial charge in [-0.1, -0.05) is 29.8 Å². The molecule has 2 aromatic heterocycles. The summed E-state index contributed by atoms with van der Waals surface area (Å²) < 4.78 is 41.5. The molecule has 0 saturated heterocycles. The number of aryl methyl sites for hydroxylation is 1. The highest BCUT2D eigenvalue weighted by atomic mass is 35.5. The van der Waals surface area contributed by atoms with Crippen LogP contribution in [-0.4, -0.2) is 29.5 Å². The van der Waals surface area contributed by atoms with Gasteiger partial charge in [-0.3, -0.25) is 14.8 Å². The number of halogens is 4. The zero-order valence-electron chi connectivity index (χ0n) is 16.4. The van der Waals surface area contributed by atoms with Crippen LogP contribution in [0.25, 0.3) is 16.9 Å². The van der Waals surface area contributed by atoms with Gasteiger partial charge in [0.05, 0.1) is 17.7 Å². The lowest BCUT2D eigenvalue weighted by molar-refractivity contribution is -0.385. The van der Waals surface area contributed by atoms with Gasteiger partial charge in [0.25, 0.3) is 11.5 Å². The highest BCUT2D eigenvalue weighted by Crippen LogP contribution is 2.30. The van der Waals surface area contributed by atoms with Crippen LogP contribution in [0.15, 0.2) is 55.0 Å². The largest absolute Gasteiger partial charge is 0.453 e. The van der Waals surface area contributed by atoms with Gasteiger partial charge in [0, 0.05) is 22.2 Å². The van der Waals surface area contributed by atoms with Crippen molar-refractivity contribution < 1.29 is 18.1 Å². The molecule has 0 spiro atoms. The summed E-state index contributed by atoms with van der Waals surface area (Å²) in [7, 11) is 0. The van der Waals surface area contributed by atoms with E-state index in [1.165, 1.54) is 16.9 Å². The van der Waals surface area contributed by atoms with E-state index >= 15 is 0 Å². The second kappa shape index (κ2) is 8.08. The number of hydrogen-bond donors (Lipinski definition) is 0. The normalized spacial score (nSPS) is 11.7. The Morgan fingerprint density at radius 1 is 1.12 bits per heavy atom. The van der Waals surface area contributed by atoms with Crippen molar-refractivity contribution in [2.45, 2.75) is 19.6 Å². The third kappa shape index (κ3) is 4.33. The summed E-state index contributed by atoms with van der Waals surface area (Å²) in [6, 6.07) is 11.3. The molecule has 32 heavy (non-hydrogen) atoms. The Balaban J connectivity index is 1.75. The molecular formula is C20H14ClF3N6O2. The topological polar surface area (TPSA) is 91.7 Å². The quantitative estimate of drug-likeness (QED) is 0.305. The first-order chi connectivity index (χ1) is 15.1. The molecule has 0 aliphatic carbocycles. The first-order valence-electron chi connectivity index (χ1n) is 9.18. The van der Waals surface area contributed by atoms with Gasteiger partial charge in [-0.25, -0.2) is 9.67 Å². The zero-order chi connectivity index (χ0) is 23.0. The van der Waals surface area contributed by atoms with E-state index < -0.39 is 16.9 Å². The highest BCUT2D eigenvalue weighted by molar-refractivity contribution is 6.30. The summed E-state index contributed by atoms with van der Waals surface area (Å²) in [5.74, 6) is -1.27. The molecule has 8 nitrogen and oxygen atoms in total. The molecule has 0 bridgehead atoms. The number of benzene rings is 2. The molecule has 0 amide bonds.